The van der Waals surface area contributed by atoms with Gasteiger partial charge in [0.05, 0.1) is 7.11 Å². The van der Waals surface area contributed by atoms with Crippen LogP contribution >= 0.6 is 0 Å². The SMILES string of the molecule is COc1cc(C)nc2c(O)cccc12.[AlH3]. The number of hydrogen-bond donors (Lipinski definition) is 1. The third-order valence-electron chi connectivity index (χ3n) is 2.13. The van der Waals surface area contributed by atoms with Gasteiger partial charge in [-0.2, -0.15) is 0 Å². The molecule has 0 aliphatic heterocycles. The van der Waals surface area contributed by atoms with Crippen molar-refractivity contribution in [3.63, 3.8) is 0 Å². The van der Waals surface area contributed by atoms with Crippen molar-refractivity contribution >= 4 is 28.3 Å². The first-order chi connectivity index (χ1) is 6.72. The molecule has 0 unspecified atom stereocenters. The van der Waals surface area contributed by atoms with Gasteiger partial charge in [0, 0.05) is 17.1 Å². The zero-order chi connectivity index (χ0) is 10.1. The predicted octanol–water partition coefficient (Wildman–Crippen LogP) is 1.07. The molecule has 1 N–H and O–H groups in total. The molecule has 4 heteroatoms. The van der Waals surface area contributed by atoms with E-state index in [9.17, 15) is 5.11 Å². The summed E-state index contributed by atoms with van der Waals surface area (Å²) < 4.78 is 5.21. The summed E-state index contributed by atoms with van der Waals surface area (Å²) in [5, 5.41) is 10.4. The van der Waals surface area contributed by atoms with Gasteiger partial charge in [-0.3, -0.25) is 0 Å². The minimum Gasteiger partial charge on any atom is -0.506 e. The molecule has 0 aliphatic rings. The summed E-state index contributed by atoms with van der Waals surface area (Å²) in [5.41, 5.74) is 1.42. The first-order valence-corrected chi connectivity index (χ1v) is 4.35. The van der Waals surface area contributed by atoms with E-state index >= 15 is 0 Å². The van der Waals surface area contributed by atoms with E-state index in [1.165, 1.54) is 0 Å². The molecule has 0 bridgehead atoms. The molecule has 0 radical (unpaired) electrons. The van der Waals surface area contributed by atoms with Crippen LogP contribution in [0.15, 0.2) is 24.3 Å². The Morgan fingerprint density at radius 1 is 1.33 bits per heavy atom. The van der Waals surface area contributed by atoms with E-state index in [0.717, 1.165) is 16.8 Å². The molecular weight excluding hydrogens is 205 g/mol. The molecular formula is C11H14AlNO2. The zero-order valence-corrected chi connectivity index (χ0v) is 8.11. The lowest BCUT2D eigenvalue weighted by atomic mass is 10.1. The first-order valence-electron chi connectivity index (χ1n) is 4.35. The van der Waals surface area contributed by atoms with Gasteiger partial charge in [0.25, 0.3) is 0 Å². The normalized spacial score (nSPS) is 9.73. The number of rotatable bonds is 1. The highest BCUT2D eigenvalue weighted by molar-refractivity contribution is 5.89. The second-order valence-electron chi connectivity index (χ2n) is 3.14. The molecule has 1 aromatic heterocycles. The number of fused-ring (bicyclic) bond motifs is 1. The largest absolute Gasteiger partial charge is 0.506 e. The van der Waals surface area contributed by atoms with Gasteiger partial charge in [0.1, 0.15) is 17.0 Å². The lowest BCUT2D eigenvalue weighted by molar-refractivity contribution is 0.418. The van der Waals surface area contributed by atoms with E-state index in [2.05, 4.69) is 4.98 Å². The van der Waals surface area contributed by atoms with E-state index < -0.39 is 0 Å². The fourth-order valence-electron chi connectivity index (χ4n) is 1.49. The molecule has 0 fully saturated rings. The summed E-state index contributed by atoms with van der Waals surface area (Å²) in [6, 6.07) is 7.12. The van der Waals surface area contributed by atoms with Crippen LogP contribution in [0.3, 0.4) is 0 Å². The van der Waals surface area contributed by atoms with Crippen molar-refractivity contribution in [2.45, 2.75) is 6.92 Å². The van der Waals surface area contributed by atoms with Crippen LogP contribution in [0.25, 0.3) is 10.9 Å². The molecule has 1 aromatic carbocycles. The molecule has 3 nitrogen and oxygen atoms in total. The highest BCUT2D eigenvalue weighted by Gasteiger charge is 2.06. The fraction of sp³-hybridized carbons (Fsp3) is 0.182. The number of pyridine rings is 1. The van der Waals surface area contributed by atoms with Gasteiger partial charge >= 0.3 is 0 Å². The number of phenolic OH excluding ortho intramolecular Hbond substituents is 1. The fourth-order valence-corrected chi connectivity index (χ4v) is 1.49. The van der Waals surface area contributed by atoms with E-state index in [-0.39, 0.29) is 23.1 Å². The molecule has 0 amide bonds. The molecule has 0 atom stereocenters. The van der Waals surface area contributed by atoms with Crippen LogP contribution in [-0.2, 0) is 0 Å². The maximum absolute atomic E-state index is 9.60. The van der Waals surface area contributed by atoms with Crippen LogP contribution < -0.4 is 4.74 Å². The summed E-state index contributed by atoms with van der Waals surface area (Å²) in [6.07, 6.45) is 0. The number of aromatic nitrogens is 1. The Morgan fingerprint density at radius 3 is 2.73 bits per heavy atom. The lowest BCUT2D eigenvalue weighted by Gasteiger charge is -2.06. The average Bonchev–Trinajstić information content (AvgIpc) is 2.18. The van der Waals surface area contributed by atoms with E-state index in [1.54, 1.807) is 19.2 Å². The number of ether oxygens (including phenoxy) is 1. The molecule has 0 saturated carbocycles. The summed E-state index contributed by atoms with van der Waals surface area (Å²) in [6.45, 7) is 1.87. The van der Waals surface area contributed by atoms with Gasteiger partial charge in [-0.15, -0.1) is 0 Å². The molecule has 1 heterocycles. The smallest absolute Gasteiger partial charge is 0.187 e. The van der Waals surface area contributed by atoms with Crippen LogP contribution in [0.5, 0.6) is 11.5 Å². The van der Waals surface area contributed by atoms with Gasteiger partial charge in [0.2, 0.25) is 0 Å². The molecule has 78 valence electrons. The Bertz CT molecular complexity index is 485. The number of aryl methyl sites for hydroxylation is 1. The Morgan fingerprint density at radius 2 is 2.07 bits per heavy atom. The van der Waals surface area contributed by atoms with Gasteiger partial charge in [-0.25, -0.2) is 4.98 Å². The molecule has 15 heavy (non-hydrogen) atoms. The van der Waals surface area contributed by atoms with Crippen molar-refractivity contribution in [3.05, 3.63) is 30.0 Å². The predicted molar refractivity (Wildman–Crippen MR) is 64.6 cm³/mol. The van der Waals surface area contributed by atoms with Crippen LogP contribution in [0.4, 0.5) is 0 Å². The highest BCUT2D eigenvalue weighted by Crippen LogP contribution is 2.30. The van der Waals surface area contributed by atoms with Crippen LogP contribution in [0.2, 0.25) is 0 Å². The second kappa shape index (κ2) is 4.52. The summed E-state index contributed by atoms with van der Waals surface area (Å²) >= 11 is 0. The highest BCUT2D eigenvalue weighted by atomic mass is 27.0. The molecule has 2 rings (SSSR count). The maximum atomic E-state index is 9.60. The monoisotopic (exact) mass is 219 g/mol. The van der Waals surface area contributed by atoms with E-state index in [1.807, 2.05) is 19.1 Å². The van der Waals surface area contributed by atoms with Gasteiger partial charge < -0.3 is 9.84 Å². The Balaban J connectivity index is 0.00000112. The standard InChI is InChI=1S/C11H11NO2.Al.3H/c1-7-6-10(14-2)8-4-3-5-9(13)11(8)12-7;;;;/h3-6,13H,1-2H3;;;;. The van der Waals surface area contributed by atoms with Crippen molar-refractivity contribution in [3.8, 4) is 11.5 Å². The summed E-state index contributed by atoms with van der Waals surface area (Å²) in [5.74, 6) is 0.924. The molecule has 0 spiro atoms. The summed E-state index contributed by atoms with van der Waals surface area (Å²) in [7, 11) is 1.61. The molecule has 0 aliphatic carbocycles. The maximum Gasteiger partial charge on any atom is 0.187 e. The number of aromatic hydroxyl groups is 1. The van der Waals surface area contributed by atoms with Crippen LogP contribution in [0, 0.1) is 6.92 Å². The average molecular weight is 219 g/mol. The van der Waals surface area contributed by atoms with E-state index in [0.29, 0.717) is 5.52 Å². The topological polar surface area (TPSA) is 42.4 Å². The van der Waals surface area contributed by atoms with Crippen LogP contribution in [-0.4, -0.2) is 34.6 Å². The van der Waals surface area contributed by atoms with Crippen molar-refractivity contribution in [1.29, 1.82) is 0 Å². The minimum absolute atomic E-state index is 0. The number of phenols is 1. The zero-order valence-electron chi connectivity index (χ0n) is 8.11. The number of hydrogen-bond acceptors (Lipinski definition) is 3. The number of methoxy groups -OCH3 is 1. The van der Waals surface area contributed by atoms with Gasteiger partial charge in [0.15, 0.2) is 17.4 Å². The van der Waals surface area contributed by atoms with E-state index in [4.69, 9.17) is 4.74 Å². The van der Waals surface area contributed by atoms with Crippen molar-refractivity contribution in [2.75, 3.05) is 7.11 Å². The Labute approximate surface area is 98.8 Å². The van der Waals surface area contributed by atoms with Crippen molar-refractivity contribution in [1.82, 2.24) is 4.98 Å². The van der Waals surface area contributed by atoms with Gasteiger partial charge in [-0.1, -0.05) is 6.07 Å². The summed E-state index contributed by atoms with van der Waals surface area (Å²) in [4.78, 5) is 4.25. The Kier molecular flexibility index (Phi) is 3.57. The number of para-hydroxylation sites is 1. The quantitative estimate of drug-likeness (QED) is 0.729. The molecule has 0 saturated heterocycles. The minimum atomic E-state index is 0. The Hall–Kier alpha value is -1.24. The van der Waals surface area contributed by atoms with Crippen molar-refractivity contribution < 1.29 is 9.84 Å². The van der Waals surface area contributed by atoms with Gasteiger partial charge in [-0.05, 0) is 19.1 Å². The van der Waals surface area contributed by atoms with Crippen molar-refractivity contribution in [2.24, 2.45) is 0 Å². The first kappa shape index (κ1) is 11.8. The molecule has 2 aromatic rings. The lowest BCUT2D eigenvalue weighted by Crippen LogP contribution is -1.90. The third kappa shape index (κ3) is 2.06. The number of nitrogens with zero attached hydrogens (tertiary/aromatic N) is 1. The second-order valence-corrected chi connectivity index (χ2v) is 3.14. The third-order valence-corrected chi connectivity index (χ3v) is 2.13. The number of benzene rings is 1. The van der Waals surface area contributed by atoms with Crippen LogP contribution in [0.1, 0.15) is 5.69 Å².